The smallest absolute Gasteiger partial charge is 0.240 e. The largest absolute Gasteiger partial charge is 0.339 e. The van der Waals surface area contributed by atoms with Crippen LogP contribution in [0.4, 0.5) is 5.69 Å². The minimum Gasteiger partial charge on any atom is -0.339 e. The van der Waals surface area contributed by atoms with E-state index in [9.17, 15) is 13.2 Å². The highest BCUT2D eigenvalue weighted by molar-refractivity contribution is 7.91. The molecule has 9 heteroatoms. The Hall–Kier alpha value is -3.53. The highest BCUT2D eigenvalue weighted by Gasteiger charge is 2.55. The van der Waals surface area contributed by atoms with Gasteiger partial charge in [0.25, 0.3) is 0 Å². The molecule has 206 valence electrons. The molecule has 2 aromatic heterocycles. The highest BCUT2D eigenvalue weighted by atomic mass is 32.2. The number of aromatic nitrogens is 2. The zero-order chi connectivity index (χ0) is 27.6. The van der Waals surface area contributed by atoms with Gasteiger partial charge in [-0.25, -0.2) is 13.4 Å². The van der Waals surface area contributed by atoms with Gasteiger partial charge in [0, 0.05) is 49.5 Å². The number of pyridine rings is 1. The van der Waals surface area contributed by atoms with Crippen LogP contribution in [-0.4, -0.2) is 73.9 Å². The van der Waals surface area contributed by atoms with E-state index in [1.54, 1.807) is 4.90 Å². The van der Waals surface area contributed by atoms with Crippen molar-refractivity contribution < 1.29 is 13.2 Å². The zero-order valence-electron chi connectivity index (χ0n) is 22.8. The topological polar surface area (TPSA) is 98.4 Å². The van der Waals surface area contributed by atoms with Gasteiger partial charge in [0.1, 0.15) is 20.9 Å². The SMILES string of the molecule is CN1C(=O)C2(CNC2)c2c1cnc1[nH]c(-c3ccc(CN4CCC(S(C)(=O)=O)CC4)cc3)c(-c3ccccc3)c21. The monoisotopic (exact) mass is 555 g/mol. The summed E-state index contributed by atoms with van der Waals surface area (Å²) in [5, 5.41) is 4.14. The van der Waals surface area contributed by atoms with Crippen molar-refractivity contribution in [3.63, 3.8) is 0 Å². The Kier molecular flexibility index (Phi) is 5.89. The number of piperidine rings is 1. The third kappa shape index (κ3) is 3.90. The first kappa shape index (κ1) is 25.4. The lowest BCUT2D eigenvalue weighted by molar-refractivity contribution is -0.124. The van der Waals surface area contributed by atoms with Gasteiger partial charge in [-0.1, -0.05) is 54.6 Å². The third-order valence-electron chi connectivity index (χ3n) is 9.06. The lowest BCUT2D eigenvalue weighted by atomic mass is 9.74. The van der Waals surface area contributed by atoms with Crippen molar-refractivity contribution in [3.05, 3.63) is 71.9 Å². The number of sulfone groups is 1. The van der Waals surface area contributed by atoms with E-state index in [4.69, 9.17) is 4.98 Å². The van der Waals surface area contributed by atoms with Gasteiger partial charge in [-0.15, -0.1) is 0 Å². The number of anilines is 1. The Morgan fingerprint density at radius 2 is 1.70 bits per heavy atom. The number of carbonyl (C=O) groups excluding carboxylic acids is 1. The number of rotatable bonds is 5. The van der Waals surface area contributed by atoms with Crippen molar-refractivity contribution in [3.8, 4) is 22.4 Å². The number of nitrogens with one attached hydrogen (secondary N) is 2. The Morgan fingerprint density at radius 1 is 1.00 bits per heavy atom. The summed E-state index contributed by atoms with van der Waals surface area (Å²) in [5.74, 6) is 0.127. The molecule has 0 bridgehead atoms. The fraction of sp³-hybridized carbons (Fsp3) is 0.355. The van der Waals surface area contributed by atoms with Crippen molar-refractivity contribution in [2.75, 3.05) is 44.4 Å². The maximum absolute atomic E-state index is 13.4. The standard InChI is InChI=1S/C31H33N5O3S/c1-35-24-16-33-29-26(27(24)31(30(35)37)18-32-19-31)25(21-6-4-3-5-7-21)28(34-29)22-10-8-20(9-11-22)17-36-14-12-23(13-15-36)40(2,38)39/h3-11,16,23,32H,12-15,17-19H2,1-2H3,(H,33,34). The molecule has 0 aliphatic carbocycles. The summed E-state index contributed by atoms with van der Waals surface area (Å²) < 4.78 is 23.8. The van der Waals surface area contributed by atoms with Crippen molar-refractivity contribution in [1.82, 2.24) is 20.2 Å². The summed E-state index contributed by atoms with van der Waals surface area (Å²) in [4.78, 5) is 25.9. The Labute approximate surface area is 234 Å². The minimum absolute atomic E-state index is 0.127. The number of fused-ring (bicyclic) bond motifs is 4. The van der Waals surface area contributed by atoms with Crippen LogP contribution in [-0.2, 0) is 26.6 Å². The predicted octanol–water partition coefficient (Wildman–Crippen LogP) is 3.72. The van der Waals surface area contributed by atoms with Gasteiger partial charge in [0.05, 0.1) is 22.8 Å². The molecule has 40 heavy (non-hydrogen) atoms. The van der Waals surface area contributed by atoms with Crippen LogP contribution >= 0.6 is 0 Å². The zero-order valence-corrected chi connectivity index (χ0v) is 23.6. The molecule has 0 unspecified atom stereocenters. The average Bonchev–Trinajstić information content (AvgIpc) is 3.43. The summed E-state index contributed by atoms with van der Waals surface area (Å²) >= 11 is 0. The Bertz CT molecular complexity index is 1720. The first-order valence-corrected chi connectivity index (χ1v) is 15.8. The second kappa shape index (κ2) is 9.26. The predicted molar refractivity (Wildman–Crippen MR) is 158 cm³/mol. The number of likely N-dealkylation sites (N-methyl/N-ethyl adjacent to an activating group) is 1. The quantitative estimate of drug-likeness (QED) is 0.390. The van der Waals surface area contributed by atoms with E-state index in [-0.39, 0.29) is 11.2 Å². The fourth-order valence-electron chi connectivity index (χ4n) is 6.76. The van der Waals surface area contributed by atoms with Crippen LogP contribution < -0.4 is 10.2 Å². The normalized spacial score (nSPS) is 19.4. The van der Waals surface area contributed by atoms with Crippen LogP contribution in [0.2, 0.25) is 0 Å². The molecule has 2 saturated heterocycles. The molecule has 7 rings (SSSR count). The van der Waals surface area contributed by atoms with E-state index < -0.39 is 15.3 Å². The number of H-pyrrole nitrogens is 1. The Morgan fingerprint density at radius 3 is 2.33 bits per heavy atom. The van der Waals surface area contributed by atoms with Gasteiger partial charge in [-0.2, -0.15) is 0 Å². The summed E-state index contributed by atoms with van der Waals surface area (Å²) in [5.41, 5.74) is 7.60. The van der Waals surface area contributed by atoms with Crippen LogP contribution in [0.25, 0.3) is 33.4 Å². The van der Waals surface area contributed by atoms with Gasteiger partial charge < -0.3 is 15.2 Å². The van der Waals surface area contributed by atoms with Crippen LogP contribution in [0.15, 0.2) is 60.8 Å². The molecule has 2 fully saturated rings. The molecule has 4 aromatic rings. The van der Waals surface area contributed by atoms with Crippen molar-refractivity contribution in [2.24, 2.45) is 0 Å². The molecule has 5 heterocycles. The number of likely N-dealkylation sites (tertiary alicyclic amines) is 1. The molecule has 3 aliphatic rings. The molecule has 1 spiro atoms. The first-order valence-electron chi connectivity index (χ1n) is 13.9. The number of amides is 1. The van der Waals surface area contributed by atoms with E-state index >= 15 is 0 Å². The highest BCUT2D eigenvalue weighted by Crippen LogP contribution is 2.50. The van der Waals surface area contributed by atoms with Gasteiger partial charge in [-0.3, -0.25) is 9.69 Å². The lowest BCUT2D eigenvalue weighted by Gasteiger charge is -2.38. The number of hydrogen-bond acceptors (Lipinski definition) is 6. The van der Waals surface area contributed by atoms with Gasteiger partial charge in [0.15, 0.2) is 0 Å². The van der Waals surface area contributed by atoms with Crippen molar-refractivity contribution in [2.45, 2.75) is 30.1 Å². The molecule has 2 aromatic carbocycles. The number of aromatic amines is 1. The minimum atomic E-state index is -2.97. The second-order valence-corrected chi connectivity index (χ2v) is 13.9. The van der Waals surface area contributed by atoms with E-state index in [0.29, 0.717) is 25.9 Å². The summed E-state index contributed by atoms with van der Waals surface area (Å²) in [7, 11) is -1.13. The maximum atomic E-state index is 13.4. The molecular formula is C31H33N5O3S. The van der Waals surface area contributed by atoms with E-state index in [1.165, 1.54) is 11.8 Å². The maximum Gasteiger partial charge on any atom is 0.240 e. The first-order chi connectivity index (χ1) is 19.3. The molecule has 2 N–H and O–H groups in total. The Balaban J connectivity index is 1.27. The number of benzene rings is 2. The molecule has 3 aliphatic heterocycles. The summed E-state index contributed by atoms with van der Waals surface area (Å²) in [6, 6.07) is 18.9. The van der Waals surface area contributed by atoms with E-state index in [2.05, 4.69) is 51.6 Å². The van der Waals surface area contributed by atoms with Crippen LogP contribution in [0, 0.1) is 0 Å². The van der Waals surface area contributed by atoms with E-state index in [1.807, 2.05) is 31.4 Å². The van der Waals surface area contributed by atoms with Crippen LogP contribution in [0.1, 0.15) is 24.0 Å². The molecular weight excluding hydrogens is 522 g/mol. The van der Waals surface area contributed by atoms with Gasteiger partial charge in [0.2, 0.25) is 5.91 Å². The third-order valence-corrected chi connectivity index (χ3v) is 10.7. The molecule has 0 atom stereocenters. The number of carbonyl (C=O) groups is 1. The van der Waals surface area contributed by atoms with Crippen molar-refractivity contribution >= 4 is 32.5 Å². The fourth-order valence-corrected chi connectivity index (χ4v) is 7.83. The molecule has 0 saturated carbocycles. The summed E-state index contributed by atoms with van der Waals surface area (Å²) in [6.45, 7) is 3.65. The van der Waals surface area contributed by atoms with Crippen LogP contribution in [0.3, 0.4) is 0 Å². The molecule has 8 nitrogen and oxygen atoms in total. The van der Waals surface area contributed by atoms with Crippen LogP contribution in [0.5, 0.6) is 0 Å². The second-order valence-electron chi connectivity index (χ2n) is 11.5. The lowest BCUT2D eigenvalue weighted by Crippen LogP contribution is -2.61. The van der Waals surface area contributed by atoms with E-state index in [0.717, 1.165) is 64.3 Å². The molecule has 1 amide bonds. The molecule has 0 radical (unpaired) electrons. The van der Waals surface area contributed by atoms with Gasteiger partial charge in [-0.05, 0) is 42.6 Å². The van der Waals surface area contributed by atoms with Gasteiger partial charge >= 0.3 is 0 Å². The summed E-state index contributed by atoms with van der Waals surface area (Å²) in [6.07, 6.45) is 4.56. The van der Waals surface area contributed by atoms with Crippen molar-refractivity contribution in [1.29, 1.82) is 0 Å². The number of nitrogens with zero attached hydrogens (tertiary/aromatic N) is 3. The number of hydrogen-bond donors (Lipinski definition) is 2. The average molecular weight is 556 g/mol.